The van der Waals surface area contributed by atoms with Gasteiger partial charge in [-0.1, -0.05) is 23.7 Å². The van der Waals surface area contributed by atoms with E-state index in [4.69, 9.17) is 27.9 Å². The van der Waals surface area contributed by atoms with Gasteiger partial charge in [-0.25, -0.2) is 13.8 Å². The van der Waals surface area contributed by atoms with Gasteiger partial charge < -0.3 is 4.74 Å². The second-order valence-electron chi connectivity index (χ2n) is 4.97. The number of para-hydroxylation sites is 1. The van der Waals surface area contributed by atoms with Crippen LogP contribution in [0.3, 0.4) is 0 Å². The molecule has 0 fully saturated rings. The lowest BCUT2D eigenvalue weighted by atomic mass is 10.1. The Bertz CT molecular complexity index is 884. The third-order valence-corrected chi connectivity index (χ3v) is 3.96. The van der Waals surface area contributed by atoms with Crippen LogP contribution in [0.1, 0.15) is 17.9 Å². The Morgan fingerprint density at radius 1 is 1.13 bits per heavy atom. The number of pyridine rings is 1. The lowest BCUT2D eigenvalue weighted by Gasteiger charge is -2.15. The van der Waals surface area contributed by atoms with Crippen LogP contribution in [-0.2, 0) is 0 Å². The zero-order chi connectivity index (χ0) is 16.6. The van der Waals surface area contributed by atoms with Crippen molar-refractivity contribution in [3.05, 3.63) is 64.8 Å². The number of benzene rings is 2. The Morgan fingerprint density at radius 2 is 1.91 bits per heavy atom. The van der Waals surface area contributed by atoms with Crippen LogP contribution < -0.4 is 4.74 Å². The predicted molar refractivity (Wildman–Crippen MR) is 87.5 cm³/mol. The summed E-state index contributed by atoms with van der Waals surface area (Å²) >= 11 is 12.0. The van der Waals surface area contributed by atoms with Crippen molar-refractivity contribution in [3.63, 3.8) is 0 Å². The number of hydrogen-bond acceptors (Lipinski definition) is 2. The topological polar surface area (TPSA) is 22.1 Å². The number of aromatic nitrogens is 1. The molecule has 0 aliphatic carbocycles. The van der Waals surface area contributed by atoms with Crippen LogP contribution in [0.15, 0.2) is 42.6 Å². The average molecular weight is 354 g/mol. The van der Waals surface area contributed by atoms with Gasteiger partial charge in [0.15, 0.2) is 0 Å². The molecule has 6 heteroatoms. The van der Waals surface area contributed by atoms with E-state index in [1.807, 2.05) is 0 Å². The summed E-state index contributed by atoms with van der Waals surface area (Å²) in [5.74, 6) is -0.269. The van der Waals surface area contributed by atoms with Crippen molar-refractivity contribution in [1.29, 1.82) is 0 Å². The average Bonchev–Trinajstić information content (AvgIpc) is 2.51. The Morgan fingerprint density at radius 3 is 2.65 bits per heavy atom. The Hall–Kier alpha value is -1.91. The van der Waals surface area contributed by atoms with Crippen LogP contribution in [0.5, 0.6) is 11.5 Å². The summed E-state index contributed by atoms with van der Waals surface area (Å²) in [7, 11) is 0. The highest BCUT2D eigenvalue weighted by atomic mass is 35.5. The van der Waals surface area contributed by atoms with Crippen molar-refractivity contribution < 1.29 is 13.5 Å². The van der Waals surface area contributed by atoms with Crippen LogP contribution in [0.2, 0.25) is 5.02 Å². The fourth-order valence-electron chi connectivity index (χ4n) is 2.29. The molecule has 0 bridgehead atoms. The van der Waals surface area contributed by atoms with Crippen molar-refractivity contribution in [2.45, 2.75) is 12.3 Å². The molecule has 0 aliphatic rings. The third kappa shape index (κ3) is 3.09. The normalized spacial score (nSPS) is 12.4. The quantitative estimate of drug-likeness (QED) is 0.518. The van der Waals surface area contributed by atoms with E-state index in [1.54, 1.807) is 25.1 Å². The minimum atomic E-state index is -0.569. The lowest BCUT2D eigenvalue weighted by Crippen LogP contribution is -1.96. The molecule has 0 amide bonds. The number of hydrogen-bond donors (Lipinski definition) is 0. The largest absolute Gasteiger partial charge is 0.455 e. The van der Waals surface area contributed by atoms with Crippen LogP contribution in [0, 0.1) is 11.6 Å². The first-order valence-electron chi connectivity index (χ1n) is 6.81. The molecule has 0 aliphatic heterocycles. The maximum atomic E-state index is 13.6. The van der Waals surface area contributed by atoms with E-state index in [0.29, 0.717) is 22.4 Å². The SMILES string of the molecule is CC(Cl)c1c(Oc2cnc3c(F)cccc3c2)ccc(F)c1Cl. The number of rotatable bonds is 3. The molecule has 23 heavy (non-hydrogen) atoms. The molecule has 0 N–H and O–H groups in total. The van der Waals surface area contributed by atoms with Crippen LogP contribution in [-0.4, -0.2) is 4.98 Å². The highest BCUT2D eigenvalue weighted by Crippen LogP contribution is 2.39. The first kappa shape index (κ1) is 16.0. The van der Waals surface area contributed by atoms with Gasteiger partial charge >= 0.3 is 0 Å². The molecule has 0 saturated heterocycles. The maximum absolute atomic E-state index is 13.6. The Labute approximate surface area is 141 Å². The van der Waals surface area contributed by atoms with Gasteiger partial charge in [0.1, 0.15) is 28.7 Å². The van der Waals surface area contributed by atoms with Crippen molar-refractivity contribution in [1.82, 2.24) is 4.98 Å². The van der Waals surface area contributed by atoms with Gasteiger partial charge in [0.05, 0.1) is 16.6 Å². The molecule has 1 heterocycles. The van der Waals surface area contributed by atoms with E-state index in [9.17, 15) is 8.78 Å². The van der Waals surface area contributed by atoms with Crippen molar-refractivity contribution >= 4 is 34.1 Å². The van der Waals surface area contributed by atoms with Gasteiger partial charge in [-0.05, 0) is 31.2 Å². The van der Waals surface area contributed by atoms with E-state index < -0.39 is 17.0 Å². The molecule has 2 nitrogen and oxygen atoms in total. The van der Waals surface area contributed by atoms with Gasteiger partial charge in [0.2, 0.25) is 0 Å². The fourth-order valence-corrected chi connectivity index (χ4v) is 2.89. The summed E-state index contributed by atoms with van der Waals surface area (Å²) in [5, 5.41) is -0.0277. The minimum Gasteiger partial charge on any atom is -0.455 e. The smallest absolute Gasteiger partial charge is 0.149 e. The van der Waals surface area contributed by atoms with Gasteiger partial charge in [-0.3, -0.25) is 0 Å². The van der Waals surface area contributed by atoms with Crippen molar-refractivity contribution in [3.8, 4) is 11.5 Å². The zero-order valence-electron chi connectivity index (χ0n) is 12.0. The summed E-state index contributed by atoms with van der Waals surface area (Å²) in [4.78, 5) is 4.05. The van der Waals surface area contributed by atoms with E-state index in [0.717, 1.165) is 0 Å². The summed E-state index contributed by atoms with van der Waals surface area (Å²) in [6.45, 7) is 1.67. The number of halogens is 4. The van der Waals surface area contributed by atoms with E-state index >= 15 is 0 Å². The molecule has 3 aromatic rings. The lowest BCUT2D eigenvalue weighted by molar-refractivity contribution is 0.472. The summed E-state index contributed by atoms with van der Waals surface area (Å²) in [6.07, 6.45) is 1.39. The summed E-state index contributed by atoms with van der Waals surface area (Å²) in [6, 6.07) is 8.94. The van der Waals surface area contributed by atoms with E-state index in [2.05, 4.69) is 4.98 Å². The van der Waals surface area contributed by atoms with E-state index in [1.165, 1.54) is 24.4 Å². The second-order valence-corrected chi connectivity index (χ2v) is 6.01. The summed E-state index contributed by atoms with van der Waals surface area (Å²) in [5.41, 5.74) is 0.607. The van der Waals surface area contributed by atoms with Gasteiger partial charge in [0.25, 0.3) is 0 Å². The number of fused-ring (bicyclic) bond motifs is 1. The molecule has 1 aromatic heterocycles. The minimum absolute atomic E-state index is 0.0789. The first-order chi connectivity index (χ1) is 11.0. The van der Waals surface area contributed by atoms with Crippen molar-refractivity contribution in [2.75, 3.05) is 0 Å². The maximum Gasteiger partial charge on any atom is 0.149 e. The molecule has 0 radical (unpaired) electrons. The van der Waals surface area contributed by atoms with Crippen LogP contribution >= 0.6 is 23.2 Å². The standard InChI is InChI=1S/C17H11Cl2F2NO/c1-9(18)15-14(6-5-12(20)16(15)19)23-11-7-10-3-2-4-13(21)17(10)22-8-11/h2-9H,1H3. The first-order valence-corrected chi connectivity index (χ1v) is 7.63. The molecule has 3 rings (SSSR count). The Kier molecular flexibility index (Phi) is 4.37. The van der Waals surface area contributed by atoms with Gasteiger partial charge in [-0.2, -0.15) is 0 Å². The summed E-state index contributed by atoms with van der Waals surface area (Å²) < 4.78 is 33.0. The monoisotopic (exact) mass is 353 g/mol. The zero-order valence-corrected chi connectivity index (χ0v) is 13.5. The molecular weight excluding hydrogens is 343 g/mol. The molecule has 1 unspecified atom stereocenters. The molecule has 0 saturated carbocycles. The predicted octanol–water partition coefficient (Wildman–Crippen LogP) is 6.26. The van der Waals surface area contributed by atoms with Gasteiger partial charge in [0, 0.05) is 10.9 Å². The second kappa shape index (κ2) is 6.30. The van der Waals surface area contributed by atoms with Crippen LogP contribution in [0.4, 0.5) is 8.78 Å². The number of nitrogens with zero attached hydrogens (tertiary/aromatic N) is 1. The molecule has 1 atom stereocenters. The molecule has 0 spiro atoms. The molecule has 118 valence electrons. The third-order valence-electron chi connectivity index (χ3n) is 3.35. The molecule has 2 aromatic carbocycles. The fraction of sp³-hybridized carbons (Fsp3) is 0.118. The molecular formula is C17H11Cl2F2NO. The van der Waals surface area contributed by atoms with E-state index in [-0.39, 0.29) is 10.5 Å². The number of ether oxygens (including phenoxy) is 1. The number of alkyl halides is 1. The van der Waals surface area contributed by atoms with Crippen molar-refractivity contribution in [2.24, 2.45) is 0 Å². The van der Waals surface area contributed by atoms with Gasteiger partial charge in [-0.15, -0.1) is 11.6 Å². The Balaban J connectivity index is 2.04. The van der Waals surface area contributed by atoms with Crippen LogP contribution in [0.25, 0.3) is 10.9 Å². The highest BCUT2D eigenvalue weighted by Gasteiger charge is 2.18. The highest BCUT2D eigenvalue weighted by molar-refractivity contribution is 6.33.